The number of nitrogens with zero attached hydrogens (tertiary/aromatic N) is 1. The molecule has 1 heterocycles. The maximum Gasteiger partial charge on any atom is 0.0802 e. The van der Waals surface area contributed by atoms with Gasteiger partial charge in [0.2, 0.25) is 0 Å². The molecule has 2 nitrogen and oxygen atoms in total. The van der Waals surface area contributed by atoms with Crippen LogP contribution in [0.1, 0.15) is 57.1 Å². The van der Waals surface area contributed by atoms with E-state index in [-0.39, 0.29) is 6.10 Å². The molecule has 3 heteroatoms. The van der Waals surface area contributed by atoms with Gasteiger partial charge in [0.05, 0.1) is 6.10 Å². The fourth-order valence-corrected chi connectivity index (χ4v) is 3.43. The smallest absolute Gasteiger partial charge is 0.0802 e. The summed E-state index contributed by atoms with van der Waals surface area (Å²) in [6, 6.07) is 7.54. The Morgan fingerprint density at radius 3 is 2.71 bits per heavy atom. The van der Waals surface area contributed by atoms with Crippen LogP contribution < -0.4 is 0 Å². The zero-order valence-electron chi connectivity index (χ0n) is 13.1. The van der Waals surface area contributed by atoms with Crippen molar-refractivity contribution in [2.75, 3.05) is 19.6 Å². The van der Waals surface area contributed by atoms with Crippen molar-refractivity contribution in [3.8, 4) is 0 Å². The average molecular weight is 310 g/mol. The van der Waals surface area contributed by atoms with Gasteiger partial charge < -0.3 is 10.0 Å². The lowest BCUT2D eigenvalue weighted by Crippen LogP contribution is -2.27. The Labute approximate surface area is 134 Å². The highest BCUT2D eigenvalue weighted by Crippen LogP contribution is 2.24. The van der Waals surface area contributed by atoms with Crippen molar-refractivity contribution >= 4 is 11.6 Å². The highest BCUT2D eigenvalue weighted by atomic mass is 35.5. The van der Waals surface area contributed by atoms with Gasteiger partial charge in [-0.05, 0) is 62.4 Å². The molecule has 2 atom stereocenters. The lowest BCUT2D eigenvalue weighted by Gasteiger charge is -2.22. The second-order valence-electron chi connectivity index (χ2n) is 6.28. The Morgan fingerprint density at radius 1 is 1.24 bits per heavy atom. The van der Waals surface area contributed by atoms with E-state index in [1.54, 1.807) is 0 Å². The van der Waals surface area contributed by atoms with Crippen LogP contribution in [0.4, 0.5) is 0 Å². The summed E-state index contributed by atoms with van der Waals surface area (Å²) in [4.78, 5) is 2.52. The SMILES string of the molecule is CCCC1CCCN(CCC(O)c2ccc(Cl)cc2)CC1. The average Bonchev–Trinajstić information content (AvgIpc) is 2.71. The normalized spacial score (nSPS) is 22.0. The summed E-state index contributed by atoms with van der Waals surface area (Å²) in [6.45, 7) is 5.65. The van der Waals surface area contributed by atoms with Gasteiger partial charge in [-0.15, -0.1) is 0 Å². The van der Waals surface area contributed by atoms with Crippen LogP contribution in [0.25, 0.3) is 0 Å². The van der Waals surface area contributed by atoms with Crippen LogP contribution in [0.5, 0.6) is 0 Å². The van der Waals surface area contributed by atoms with E-state index in [2.05, 4.69) is 11.8 Å². The summed E-state index contributed by atoms with van der Waals surface area (Å²) in [6.07, 6.45) is 7.12. The Bertz CT molecular complexity index is 406. The topological polar surface area (TPSA) is 23.5 Å². The molecule has 0 aliphatic carbocycles. The molecule has 1 saturated heterocycles. The first-order valence-electron chi connectivity index (χ1n) is 8.35. The maximum atomic E-state index is 10.3. The molecule has 1 N–H and O–H groups in total. The largest absolute Gasteiger partial charge is 0.388 e. The minimum Gasteiger partial charge on any atom is -0.388 e. The lowest BCUT2D eigenvalue weighted by atomic mass is 9.96. The predicted octanol–water partition coefficient (Wildman–Crippen LogP) is 4.67. The Kier molecular flexibility index (Phi) is 7.01. The van der Waals surface area contributed by atoms with Crippen LogP contribution in [0.3, 0.4) is 0 Å². The molecular weight excluding hydrogens is 282 g/mol. The first kappa shape index (κ1) is 16.8. The fraction of sp³-hybridized carbons (Fsp3) is 0.667. The maximum absolute atomic E-state index is 10.3. The molecule has 1 aliphatic heterocycles. The van der Waals surface area contributed by atoms with Gasteiger partial charge >= 0.3 is 0 Å². The van der Waals surface area contributed by atoms with Gasteiger partial charge in [-0.1, -0.05) is 43.5 Å². The third kappa shape index (κ3) is 5.61. The van der Waals surface area contributed by atoms with Gasteiger partial charge in [0.15, 0.2) is 0 Å². The molecule has 0 aromatic heterocycles. The molecule has 1 aromatic rings. The Balaban J connectivity index is 1.76. The van der Waals surface area contributed by atoms with Gasteiger partial charge in [0.25, 0.3) is 0 Å². The number of hydrogen-bond acceptors (Lipinski definition) is 2. The number of halogens is 1. The lowest BCUT2D eigenvalue weighted by molar-refractivity contribution is 0.142. The molecule has 1 fully saturated rings. The molecule has 0 saturated carbocycles. The quantitative estimate of drug-likeness (QED) is 0.825. The second kappa shape index (κ2) is 8.77. The number of aliphatic hydroxyl groups excluding tert-OH is 1. The van der Waals surface area contributed by atoms with E-state index in [4.69, 9.17) is 11.6 Å². The minimum atomic E-state index is -0.378. The molecule has 2 unspecified atom stereocenters. The second-order valence-corrected chi connectivity index (χ2v) is 6.72. The zero-order valence-corrected chi connectivity index (χ0v) is 13.9. The van der Waals surface area contributed by atoms with Crippen molar-refractivity contribution in [1.29, 1.82) is 0 Å². The predicted molar refractivity (Wildman–Crippen MR) is 89.7 cm³/mol. The number of rotatable bonds is 6. The van der Waals surface area contributed by atoms with Crippen LogP contribution >= 0.6 is 11.6 Å². The summed E-state index contributed by atoms with van der Waals surface area (Å²) in [5.41, 5.74) is 0.970. The Hall–Kier alpha value is -0.570. The van der Waals surface area contributed by atoms with Crippen molar-refractivity contribution < 1.29 is 5.11 Å². The van der Waals surface area contributed by atoms with E-state index in [0.717, 1.165) is 29.5 Å². The first-order chi connectivity index (χ1) is 10.2. The van der Waals surface area contributed by atoms with E-state index < -0.39 is 0 Å². The van der Waals surface area contributed by atoms with E-state index in [9.17, 15) is 5.11 Å². The number of likely N-dealkylation sites (tertiary alicyclic amines) is 1. The summed E-state index contributed by atoms with van der Waals surface area (Å²) in [7, 11) is 0. The van der Waals surface area contributed by atoms with E-state index in [1.807, 2.05) is 24.3 Å². The van der Waals surface area contributed by atoms with Crippen molar-refractivity contribution in [2.45, 2.75) is 51.6 Å². The van der Waals surface area contributed by atoms with E-state index >= 15 is 0 Å². The number of aliphatic hydroxyl groups is 1. The van der Waals surface area contributed by atoms with E-state index in [1.165, 1.54) is 45.2 Å². The molecule has 0 spiro atoms. The van der Waals surface area contributed by atoms with Gasteiger partial charge in [-0.25, -0.2) is 0 Å². The number of hydrogen-bond donors (Lipinski definition) is 1. The Morgan fingerprint density at radius 2 is 2.00 bits per heavy atom. The van der Waals surface area contributed by atoms with Crippen molar-refractivity contribution in [3.63, 3.8) is 0 Å². The minimum absolute atomic E-state index is 0.378. The molecule has 1 aliphatic rings. The molecule has 0 amide bonds. The van der Waals surface area contributed by atoms with Crippen LogP contribution in [0, 0.1) is 5.92 Å². The molecule has 2 rings (SSSR count). The third-order valence-corrected chi connectivity index (χ3v) is 4.86. The summed E-state index contributed by atoms with van der Waals surface area (Å²) < 4.78 is 0. The highest BCUT2D eigenvalue weighted by molar-refractivity contribution is 6.30. The highest BCUT2D eigenvalue weighted by Gasteiger charge is 2.17. The van der Waals surface area contributed by atoms with Gasteiger partial charge in [-0.3, -0.25) is 0 Å². The fourth-order valence-electron chi connectivity index (χ4n) is 3.30. The molecule has 0 radical (unpaired) electrons. The van der Waals surface area contributed by atoms with Gasteiger partial charge in [0.1, 0.15) is 0 Å². The summed E-state index contributed by atoms with van der Waals surface area (Å²) in [5.74, 6) is 0.918. The van der Waals surface area contributed by atoms with Crippen LogP contribution in [-0.4, -0.2) is 29.6 Å². The van der Waals surface area contributed by atoms with Gasteiger partial charge in [0, 0.05) is 11.6 Å². The van der Waals surface area contributed by atoms with Crippen LogP contribution in [0.15, 0.2) is 24.3 Å². The van der Waals surface area contributed by atoms with Gasteiger partial charge in [-0.2, -0.15) is 0 Å². The third-order valence-electron chi connectivity index (χ3n) is 4.61. The molecule has 118 valence electrons. The molecule has 21 heavy (non-hydrogen) atoms. The monoisotopic (exact) mass is 309 g/mol. The molecule has 1 aromatic carbocycles. The van der Waals surface area contributed by atoms with Crippen LogP contribution in [0.2, 0.25) is 5.02 Å². The summed E-state index contributed by atoms with van der Waals surface area (Å²) >= 11 is 5.88. The van der Waals surface area contributed by atoms with E-state index in [0.29, 0.717) is 0 Å². The number of benzene rings is 1. The van der Waals surface area contributed by atoms with Crippen molar-refractivity contribution in [3.05, 3.63) is 34.9 Å². The first-order valence-corrected chi connectivity index (χ1v) is 8.72. The van der Waals surface area contributed by atoms with Crippen molar-refractivity contribution in [2.24, 2.45) is 5.92 Å². The zero-order chi connectivity index (χ0) is 15.1. The molecular formula is C18H28ClNO. The van der Waals surface area contributed by atoms with Crippen molar-refractivity contribution in [1.82, 2.24) is 4.90 Å². The van der Waals surface area contributed by atoms with Crippen LogP contribution in [-0.2, 0) is 0 Å². The standard InChI is InChI=1S/C18H28ClNO/c1-2-4-15-5-3-12-20(13-10-15)14-11-18(21)16-6-8-17(19)9-7-16/h6-9,15,18,21H,2-5,10-14H2,1H3. The molecule has 0 bridgehead atoms. The summed E-state index contributed by atoms with van der Waals surface area (Å²) in [5, 5.41) is 11.0.